The van der Waals surface area contributed by atoms with E-state index in [0.29, 0.717) is 0 Å². The van der Waals surface area contributed by atoms with Gasteiger partial charge in [-0.05, 0) is 42.7 Å². The Morgan fingerprint density at radius 2 is 1.81 bits per heavy atom. The first kappa shape index (κ1) is 18.7. The zero-order valence-electron chi connectivity index (χ0n) is 14.3. The minimum absolute atomic E-state index is 0.0123. The van der Waals surface area contributed by atoms with Gasteiger partial charge in [-0.15, -0.1) is 0 Å². The highest BCUT2D eigenvalue weighted by molar-refractivity contribution is 6.04. The third-order valence-electron chi connectivity index (χ3n) is 4.41. The lowest BCUT2D eigenvalue weighted by molar-refractivity contribution is -0.137. The van der Waals surface area contributed by atoms with Gasteiger partial charge in [-0.1, -0.05) is 36.4 Å². The van der Waals surface area contributed by atoms with Crippen molar-refractivity contribution < 1.29 is 18.0 Å². The normalized spacial score (nSPS) is 16.3. The van der Waals surface area contributed by atoms with Crippen molar-refractivity contribution in [2.24, 2.45) is 10.7 Å². The topological polar surface area (TPSA) is 67.5 Å². The summed E-state index contributed by atoms with van der Waals surface area (Å²) in [6.45, 7) is 0. The molecule has 2 aromatic carbocycles. The van der Waals surface area contributed by atoms with Gasteiger partial charge in [-0.25, -0.2) is 0 Å². The summed E-state index contributed by atoms with van der Waals surface area (Å²) in [5, 5.41) is 2.69. The van der Waals surface area contributed by atoms with E-state index in [0.717, 1.165) is 30.5 Å². The van der Waals surface area contributed by atoms with E-state index in [1.807, 2.05) is 30.3 Å². The fourth-order valence-corrected chi connectivity index (χ4v) is 2.78. The zero-order chi connectivity index (χ0) is 19.5. The van der Waals surface area contributed by atoms with Crippen LogP contribution in [-0.2, 0) is 16.4 Å². The molecule has 0 saturated heterocycles. The number of amides is 1. The molecule has 0 bridgehead atoms. The van der Waals surface area contributed by atoms with Crippen LogP contribution in [0.2, 0.25) is 0 Å². The number of benzene rings is 2. The van der Waals surface area contributed by atoms with Crippen LogP contribution in [0.5, 0.6) is 0 Å². The number of nitrogens with two attached hydrogens (primary N) is 1. The summed E-state index contributed by atoms with van der Waals surface area (Å²) in [6.07, 6.45) is -0.273. The van der Waals surface area contributed by atoms with Crippen LogP contribution in [0.3, 0.4) is 0 Å². The number of nitrogens with zero attached hydrogens (tertiary/aromatic N) is 1. The van der Waals surface area contributed by atoms with Crippen molar-refractivity contribution in [1.82, 2.24) is 0 Å². The summed E-state index contributed by atoms with van der Waals surface area (Å²) in [5.74, 6) is -0.323. The van der Waals surface area contributed by atoms with E-state index in [1.54, 1.807) is 0 Å². The molecule has 140 valence electrons. The van der Waals surface area contributed by atoms with E-state index in [1.165, 1.54) is 24.4 Å². The molecule has 1 fully saturated rings. The minimum atomic E-state index is -4.41. The Morgan fingerprint density at radius 1 is 1.11 bits per heavy atom. The molecular formula is C20H18F3N3O. The summed E-state index contributed by atoms with van der Waals surface area (Å²) >= 11 is 0. The number of aliphatic imine (C=N–C) groups is 1. The largest absolute Gasteiger partial charge is 0.416 e. The Balaban J connectivity index is 1.65. The standard InChI is InChI=1S/C20H18F3N3O/c21-20(22,23)15-7-4-8-16(13-15)25-12-9-17(24)26-18(27)19(10-11-19)14-5-2-1-3-6-14/h1-9,12-13,25H,10-11H2,(H2,24,26,27)/b12-9-. The summed E-state index contributed by atoms with van der Waals surface area (Å²) < 4.78 is 38.1. The van der Waals surface area contributed by atoms with Crippen molar-refractivity contribution in [3.63, 3.8) is 0 Å². The highest BCUT2D eigenvalue weighted by Gasteiger charge is 2.51. The molecule has 0 unspecified atom stereocenters. The van der Waals surface area contributed by atoms with Gasteiger partial charge >= 0.3 is 6.18 Å². The van der Waals surface area contributed by atoms with Crippen molar-refractivity contribution in [2.75, 3.05) is 5.32 Å². The Kier molecular flexibility index (Phi) is 5.03. The molecular weight excluding hydrogens is 355 g/mol. The number of nitrogens with one attached hydrogen (secondary N) is 1. The molecule has 0 spiro atoms. The van der Waals surface area contributed by atoms with Crippen molar-refractivity contribution in [3.05, 3.63) is 78.0 Å². The van der Waals surface area contributed by atoms with Crippen LogP contribution in [0.15, 0.2) is 71.9 Å². The second kappa shape index (κ2) is 7.26. The first-order chi connectivity index (χ1) is 12.8. The molecule has 0 heterocycles. The third kappa shape index (κ3) is 4.36. The molecule has 7 heteroatoms. The number of halogens is 3. The molecule has 3 N–H and O–H groups in total. The molecule has 1 aliphatic carbocycles. The molecule has 0 aliphatic heterocycles. The predicted molar refractivity (Wildman–Crippen MR) is 98.2 cm³/mol. The van der Waals surface area contributed by atoms with Crippen molar-refractivity contribution >= 4 is 17.4 Å². The van der Waals surface area contributed by atoms with E-state index >= 15 is 0 Å². The monoisotopic (exact) mass is 373 g/mol. The Labute approximate surface area is 154 Å². The van der Waals surface area contributed by atoms with E-state index in [4.69, 9.17) is 5.73 Å². The molecule has 1 amide bonds. The fraction of sp³-hybridized carbons (Fsp3) is 0.200. The Bertz CT molecular complexity index is 885. The van der Waals surface area contributed by atoms with E-state index in [9.17, 15) is 18.0 Å². The van der Waals surface area contributed by atoms with Crippen LogP contribution in [0.4, 0.5) is 18.9 Å². The van der Waals surface area contributed by atoms with Crippen LogP contribution in [-0.4, -0.2) is 11.7 Å². The van der Waals surface area contributed by atoms with Gasteiger partial charge in [-0.2, -0.15) is 18.2 Å². The molecule has 0 radical (unpaired) electrons. The van der Waals surface area contributed by atoms with E-state index in [2.05, 4.69) is 10.3 Å². The lowest BCUT2D eigenvalue weighted by Gasteiger charge is -2.11. The van der Waals surface area contributed by atoms with Gasteiger partial charge in [0.2, 0.25) is 0 Å². The third-order valence-corrected chi connectivity index (χ3v) is 4.41. The van der Waals surface area contributed by atoms with Crippen molar-refractivity contribution in [3.8, 4) is 0 Å². The maximum atomic E-state index is 12.7. The second-order valence-electron chi connectivity index (χ2n) is 6.35. The minimum Gasteiger partial charge on any atom is -0.384 e. The molecule has 1 aliphatic rings. The summed E-state index contributed by atoms with van der Waals surface area (Å²) in [5.41, 5.74) is 5.57. The number of rotatable bonds is 5. The maximum absolute atomic E-state index is 12.7. The molecule has 2 aromatic rings. The van der Waals surface area contributed by atoms with E-state index in [-0.39, 0.29) is 17.4 Å². The summed E-state index contributed by atoms with van der Waals surface area (Å²) in [7, 11) is 0. The number of hydrogen-bond donors (Lipinski definition) is 2. The summed E-state index contributed by atoms with van der Waals surface area (Å²) in [6, 6.07) is 14.2. The SMILES string of the molecule is NC(/C=C\Nc1cccc(C(F)(F)F)c1)=NC(=O)C1(c2ccccc2)CC1. The Hall–Kier alpha value is -3.09. The Morgan fingerprint density at radius 3 is 2.44 bits per heavy atom. The highest BCUT2D eigenvalue weighted by atomic mass is 19.4. The lowest BCUT2D eigenvalue weighted by Crippen LogP contribution is -2.22. The number of carbonyl (C=O) groups excluding carboxylic acids is 1. The predicted octanol–water partition coefficient (Wildman–Crippen LogP) is 4.25. The smallest absolute Gasteiger partial charge is 0.384 e. The zero-order valence-corrected chi connectivity index (χ0v) is 14.3. The number of hydrogen-bond acceptors (Lipinski definition) is 2. The van der Waals surface area contributed by atoms with Gasteiger partial charge in [0.1, 0.15) is 5.84 Å². The van der Waals surface area contributed by atoms with Crippen LogP contribution in [0, 0.1) is 0 Å². The summed E-state index contributed by atoms with van der Waals surface area (Å²) in [4.78, 5) is 16.4. The molecule has 0 atom stereocenters. The van der Waals surface area contributed by atoms with Crippen molar-refractivity contribution in [2.45, 2.75) is 24.4 Å². The first-order valence-corrected chi connectivity index (χ1v) is 8.36. The van der Waals surface area contributed by atoms with Crippen LogP contribution in [0.1, 0.15) is 24.0 Å². The molecule has 3 rings (SSSR count). The highest BCUT2D eigenvalue weighted by Crippen LogP contribution is 2.49. The number of amidine groups is 1. The van der Waals surface area contributed by atoms with Crippen LogP contribution >= 0.6 is 0 Å². The van der Waals surface area contributed by atoms with Gasteiger partial charge in [0.05, 0.1) is 11.0 Å². The van der Waals surface area contributed by atoms with Gasteiger partial charge in [0.25, 0.3) is 5.91 Å². The number of alkyl halides is 3. The average Bonchev–Trinajstić information content (AvgIpc) is 3.44. The maximum Gasteiger partial charge on any atom is 0.416 e. The van der Waals surface area contributed by atoms with Gasteiger partial charge in [-0.3, -0.25) is 4.79 Å². The lowest BCUT2D eigenvalue weighted by atomic mass is 9.95. The average molecular weight is 373 g/mol. The molecule has 1 saturated carbocycles. The number of carbonyl (C=O) groups is 1. The molecule has 27 heavy (non-hydrogen) atoms. The van der Waals surface area contributed by atoms with Gasteiger partial charge < -0.3 is 11.1 Å². The van der Waals surface area contributed by atoms with Crippen LogP contribution < -0.4 is 11.1 Å². The van der Waals surface area contributed by atoms with Crippen molar-refractivity contribution in [1.29, 1.82) is 0 Å². The molecule has 4 nitrogen and oxygen atoms in total. The van der Waals surface area contributed by atoms with Gasteiger partial charge in [0.15, 0.2) is 0 Å². The van der Waals surface area contributed by atoms with Crippen LogP contribution in [0.25, 0.3) is 0 Å². The van der Waals surface area contributed by atoms with E-state index < -0.39 is 17.2 Å². The second-order valence-corrected chi connectivity index (χ2v) is 6.35. The number of anilines is 1. The van der Waals surface area contributed by atoms with Gasteiger partial charge in [0, 0.05) is 11.9 Å². The first-order valence-electron chi connectivity index (χ1n) is 8.36. The fourth-order valence-electron chi connectivity index (χ4n) is 2.78. The molecule has 0 aromatic heterocycles. The quantitative estimate of drug-likeness (QED) is 0.608.